The second kappa shape index (κ2) is 11.9. The Labute approximate surface area is 238 Å². The number of halogens is 1. The zero-order chi connectivity index (χ0) is 28.1. The normalized spacial score (nSPS) is 11.3. The van der Waals surface area contributed by atoms with Gasteiger partial charge in [-0.3, -0.25) is 18.9 Å². The zero-order valence-corrected chi connectivity index (χ0v) is 23.1. The average molecular weight is 593 g/mol. The minimum absolute atomic E-state index is 0.0174. The average Bonchev–Trinajstić information content (AvgIpc) is 2.96. The van der Waals surface area contributed by atoms with E-state index in [0.717, 1.165) is 17.3 Å². The molecule has 0 saturated carbocycles. The minimum atomic E-state index is -3.92. The molecule has 0 spiro atoms. The number of aromatic nitrogens is 4. The van der Waals surface area contributed by atoms with Crippen LogP contribution in [0.3, 0.4) is 0 Å². The Hall–Kier alpha value is -4.26. The number of sulfonamides is 1. The van der Waals surface area contributed by atoms with Crippen molar-refractivity contribution < 1.29 is 13.2 Å². The molecule has 3 aromatic carbocycles. The summed E-state index contributed by atoms with van der Waals surface area (Å²) in [5, 5.41) is 11.1. The molecule has 0 atom stereocenters. The lowest BCUT2D eigenvalue weighted by atomic mass is 10.2. The van der Waals surface area contributed by atoms with Crippen LogP contribution in [0, 0.1) is 0 Å². The molecule has 0 aliphatic carbocycles. The van der Waals surface area contributed by atoms with Gasteiger partial charge in [0.05, 0.1) is 28.1 Å². The monoisotopic (exact) mass is 592 g/mol. The number of hydrogen-bond acceptors (Lipinski definition) is 8. The highest BCUT2D eigenvalue weighted by molar-refractivity contribution is 7.99. The standard InChI is InChI=1S/C27H21ClN6O4S2/c28-23-14-15-24(32-31-23)33-40(37,38)20-12-10-19(11-13-20)29-25(35)17-39-27-30-22-9-5-4-8-21(22)26(36)34(27)16-18-6-2-1-3-7-18/h1-15H,16-17H2,(H,29,35)(H,32,33). The Morgan fingerprint density at radius 2 is 1.62 bits per heavy atom. The predicted molar refractivity (Wildman–Crippen MR) is 155 cm³/mol. The van der Waals surface area contributed by atoms with Gasteiger partial charge in [-0.25, -0.2) is 13.4 Å². The smallest absolute Gasteiger partial charge is 0.263 e. The van der Waals surface area contributed by atoms with Crippen LogP contribution in [-0.2, 0) is 21.4 Å². The van der Waals surface area contributed by atoms with Crippen LogP contribution < -0.4 is 15.6 Å². The van der Waals surface area contributed by atoms with E-state index in [0.29, 0.717) is 28.3 Å². The maximum atomic E-state index is 13.3. The Balaban J connectivity index is 1.28. The maximum Gasteiger partial charge on any atom is 0.263 e. The van der Waals surface area contributed by atoms with Crippen LogP contribution in [0.4, 0.5) is 11.5 Å². The van der Waals surface area contributed by atoms with Gasteiger partial charge in [-0.1, -0.05) is 65.8 Å². The number of benzene rings is 3. The molecule has 10 nitrogen and oxygen atoms in total. The first-order chi connectivity index (χ1) is 19.3. The molecule has 0 radical (unpaired) electrons. The number of anilines is 2. The van der Waals surface area contributed by atoms with E-state index in [1.807, 2.05) is 30.3 Å². The Morgan fingerprint density at radius 3 is 2.35 bits per heavy atom. The summed E-state index contributed by atoms with van der Waals surface area (Å²) in [4.78, 5) is 30.6. The zero-order valence-electron chi connectivity index (χ0n) is 20.7. The van der Waals surface area contributed by atoms with Crippen LogP contribution in [0.5, 0.6) is 0 Å². The third-order valence-electron chi connectivity index (χ3n) is 5.66. The third-order valence-corrected chi connectivity index (χ3v) is 8.21. The Bertz CT molecular complexity index is 1830. The van der Waals surface area contributed by atoms with Gasteiger partial charge >= 0.3 is 0 Å². The van der Waals surface area contributed by atoms with Crippen molar-refractivity contribution in [3.8, 4) is 0 Å². The van der Waals surface area contributed by atoms with Gasteiger partial charge < -0.3 is 5.32 Å². The predicted octanol–water partition coefficient (Wildman–Crippen LogP) is 4.42. The largest absolute Gasteiger partial charge is 0.325 e. The molecular formula is C27H21ClN6O4S2. The molecule has 13 heteroatoms. The van der Waals surface area contributed by atoms with E-state index >= 15 is 0 Å². The second-order valence-electron chi connectivity index (χ2n) is 8.50. The highest BCUT2D eigenvalue weighted by Crippen LogP contribution is 2.21. The maximum absolute atomic E-state index is 13.3. The molecule has 0 bridgehead atoms. The van der Waals surface area contributed by atoms with Crippen molar-refractivity contribution in [2.24, 2.45) is 0 Å². The summed E-state index contributed by atoms with van der Waals surface area (Å²) in [7, 11) is -3.92. The van der Waals surface area contributed by atoms with E-state index in [4.69, 9.17) is 11.6 Å². The van der Waals surface area contributed by atoms with E-state index in [9.17, 15) is 18.0 Å². The van der Waals surface area contributed by atoms with Crippen LogP contribution in [0.25, 0.3) is 10.9 Å². The van der Waals surface area contributed by atoms with Crippen molar-refractivity contribution >= 4 is 61.7 Å². The van der Waals surface area contributed by atoms with Gasteiger partial charge in [0, 0.05) is 5.69 Å². The van der Waals surface area contributed by atoms with Crippen LogP contribution in [-0.4, -0.2) is 39.8 Å². The highest BCUT2D eigenvalue weighted by atomic mass is 35.5. The third kappa shape index (κ3) is 6.47. The second-order valence-corrected chi connectivity index (χ2v) is 11.5. The number of carbonyl (C=O) groups is 1. The topological polar surface area (TPSA) is 136 Å². The molecule has 202 valence electrons. The summed E-state index contributed by atoms with van der Waals surface area (Å²) >= 11 is 6.83. The molecule has 40 heavy (non-hydrogen) atoms. The molecule has 1 amide bonds. The van der Waals surface area contributed by atoms with Crippen molar-refractivity contribution in [2.75, 3.05) is 15.8 Å². The van der Waals surface area contributed by atoms with Gasteiger partial charge in [0.25, 0.3) is 15.6 Å². The van der Waals surface area contributed by atoms with E-state index in [1.165, 1.54) is 36.4 Å². The number of thioether (sulfide) groups is 1. The van der Waals surface area contributed by atoms with Gasteiger partial charge in [0.2, 0.25) is 5.91 Å². The lowest BCUT2D eigenvalue weighted by Gasteiger charge is -2.13. The summed E-state index contributed by atoms with van der Waals surface area (Å²) in [6.45, 7) is 0.313. The number of hydrogen-bond donors (Lipinski definition) is 2. The van der Waals surface area contributed by atoms with Crippen molar-refractivity contribution in [3.63, 3.8) is 0 Å². The minimum Gasteiger partial charge on any atom is -0.325 e. The summed E-state index contributed by atoms with van der Waals surface area (Å²) in [6, 6.07) is 25.1. The molecule has 0 aliphatic heterocycles. The first-order valence-electron chi connectivity index (χ1n) is 11.9. The number of amides is 1. The number of nitrogens with one attached hydrogen (secondary N) is 2. The van der Waals surface area contributed by atoms with Crippen LogP contribution in [0.15, 0.2) is 106 Å². The first-order valence-corrected chi connectivity index (χ1v) is 14.7. The van der Waals surface area contributed by atoms with E-state index in [1.54, 1.807) is 28.8 Å². The van der Waals surface area contributed by atoms with E-state index in [2.05, 4.69) is 25.2 Å². The number of para-hydroxylation sites is 1. The molecule has 0 saturated heterocycles. The number of rotatable bonds is 9. The van der Waals surface area contributed by atoms with Crippen LogP contribution in [0.1, 0.15) is 5.56 Å². The van der Waals surface area contributed by atoms with Gasteiger partial charge in [0.1, 0.15) is 0 Å². The Morgan fingerprint density at radius 1 is 0.900 bits per heavy atom. The molecule has 5 rings (SSSR count). The van der Waals surface area contributed by atoms with E-state index in [-0.39, 0.29) is 33.1 Å². The van der Waals surface area contributed by atoms with Gasteiger partial charge in [0.15, 0.2) is 16.1 Å². The van der Waals surface area contributed by atoms with Crippen molar-refractivity contribution in [1.29, 1.82) is 0 Å². The number of nitrogens with zero attached hydrogens (tertiary/aromatic N) is 4. The van der Waals surface area contributed by atoms with E-state index < -0.39 is 10.0 Å². The van der Waals surface area contributed by atoms with Crippen LogP contribution in [0.2, 0.25) is 5.15 Å². The summed E-state index contributed by atoms with van der Waals surface area (Å²) in [6.07, 6.45) is 0. The summed E-state index contributed by atoms with van der Waals surface area (Å²) in [5.74, 6) is -0.341. The lowest BCUT2D eigenvalue weighted by Crippen LogP contribution is -2.24. The molecule has 2 N–H and O–H groups in total. The summed E-state index contributed by atoms with van der Waals surface area (Å²) < 4.78 is 29.1. The van der Waals surface area contributed by atoms with Crippen molar-refractivity contribution in [2.45, 2.75) is 16.6 Å². The van der Waals surface area contributed by atoms with Gasteiger partial charge in [-0.15, -0.1) is 10.2 Å². The molecule has 2 heterocycles. The Kier molecular flexibility index (Phi) is 8.10. The quantitative estimate of drug-likeness (QED) is 0.190. The fourth-order valence-electron chi connectivity index (χ4n) is 3.77. The number of fused-ring (bicyclic) bond motifs is 1. The van der Waals surface area contributed by atoms with Gasteiger partial charge in [-0.2, -0.15) is 0 Å². The lowest BCUT2D eigenvalue weighted by molar-refractivity contribution is -0.113. The number of carbonyl (C=O) groups excluding carboxylic acids is 1. The first kappa shape index (κ1) is 27.3. The highest BCUT2D eigenvalue weighted by Gasteiger charge is 2.17. The molecule has 0 unspecified atom stereocenters. The molecule has 0 aliphatic rings. The fourth-order valence-corrected chi connectivity index (χ4v) is 5.67. The molecule has 5 aromatic rings. The van der Waals surface area contributed by atoms with Gasteiger partial charge in [-0.05, 0) is 54.1 Å². The van der Waals surface area contributed by atoms with Crippen molar-refractivity contribution in [1.82, 2.24) is 19.7 Å². The molecular weight excluding hydrogens is 572 g/mol. The van der Waals surface area contributed by atoms with Crippen molar-refractivity contribution in [3.05, 3.63) is 112 Å². The molecule has 2 aromatic heterocycles. The molecule has 0 fully saturated rings. The fraction of sp³-hybridized carbons (Fsp3) is 0.0741. The van der Waals surface area contributed by atoms with Crippen LogP contribution >= 0.6 is 23.4 Å². The SMILES string of the molecule is O=C(CSc1nc2ccccc2c(=O)n1Cc1ccccc1)Nc1ccc(S(=O)(=O)Nc2ccc(Cl)nn2)cc1. The summed E-state index contributed by atoms with van der Waals surface area (Å²) in [5.41, 5.74) is 1.70.